The first-order valence-electron chi connectivity index (χ1n) is 5.28. The molecule has 4 heteroatoms. The number of rotatable bonds is 1. The average Bonchev–Trinajstić information content (AvgIpc) is 2.54. The lowest BCUT2D eigenvalue weighted by molar-refractivity contribution is -0.116. The van der Waals surface area contributed by atoms with Crippen LogP contribution in [0.3, 0.4) is 0 Å². The molecule has 0 saturated carbocycles. The standard InChI is InChI=1S/C12H13N3O/c13-7-10-3-1-2-4-12(10)15-6-5-14-8-11(16)9-15/h1-4,14H,5-6,8-9H2. The lowest BCUT2D eigenvalue weighted by atomic mass is 10.1. The van der Waals surface area contributed by atoms with E-state index in [1.165, 1.54) is 0 Å². The van der Waals surface area contributed by atoms with Crippen LogP contribution in [0.5, 0.6) is 0 Å². The fourth-order valence-corrected chi connectivity index (χ4v) is 1.84. The molecule has 0 bridgehead atoms. The number of benzene rings is 1. The second-order valence-electron chi connectivity index (χ2n) is 3.77. The molecular weight excluding hydrogens is 202 g/mol. The van der Waals surface area contributed by atoms with E-state index in [9.17, 15) is 4.79 Å². The molecule has 0 atom stereocenters. The molecule has 16 heavy (non-hydrogen) atoms. The molecule has 1 aromatic carbocycles. The van der Waals surface area contributed by atoms with Crippen molar-refractivity contribution in [2.75, 3.05) is 31.1 Å². The zero-order chi connectivity index (χ0) is 11.4. The Balaban J connectivity index is 2.28. The van der Waals surface area contributed by atoms with Crippen LogP contribution >= 0.6 is 0 Å². The number of anilines is 1. The van der Waals surface area contributed by atoms with Crippen LogP contribution in [0.15, 0.2) is 24.3 Å². The number of nitrogens with zero attached hydrogens (tertiary/aromatic N) is 2. The minimum absolute atomic E-state index is 0.158. The predicted molar refractivity (Wildman–Crippen MR) is 61.2 cm³/mol. The van der Waals surface area contributed by atoms with E-state index in [2.05, 4.69) is 11.4 Å². The van der Waals surface area contributed by atoms with Crippen molar-refractivity contribution in [3.05, 3.63) is 29.8 Å². The quantitative estimate of drug-likeness (QED) is 0.742. The van der Waals surface area contributed by atoms with E-state index >= 15 is 0 Å². The number of ketones is 1. The first-order valence-corrected chi connectivity index (χ1v) is 5.28. The second kappa shape index (κ2) is 4.77. The van der Waals surface area contributed by atoms with E-state index in [-0.39, 0.29) is 5.78 Å². The highest BCUT2D eigenvalue weighted by atomic mass is 16.1. The number of nitriles is 1. The van der Waals surface area contributed by atoms with Crippen molar-refractivity contribution in [2.45, 2.75) is 0 Å². The molecule has 82 valence electrons. The summed E-state index contributed by atoms with van der Waals surface area (Å²) in [5, 5.41) is 12.1. The molecule has 1 aliphatic heterocycles. The number of carbonyl (C=O) groups is 1. The topological polar surface area (TPSA) is 56.1 Å². The third-order valence-electron chi connectivity index (χ3n) is 2.61. The van der Waals surface area contributed by atoms with Crippen molar-refractivity contribution in [3.63, 3.8) is 0 Å². The molecule has 0 radical (unpaired) electrons. The number of carbonyl (C=O) groups excluding carboxylic acids is 1. The maximum atomic E-state index is 11.5. The van der Waals surface area contributed by atoms with Crippen molar-refractivity contribution in [1.82, 2.24) is 5.32 Å². The van der Waals surface area contributed by atoms with Crippen LogP contribution in [0.2, 0.25) is 0 Å². The Kier molecular flexibility index (Phi) is 3.18. The van der Waals surface area contributed by atoms with Crippen molar-refractivity contribution >= 4 is 11.5 Å². The third kappa shape index (κ3) is 2.20. The van der Waals surface area contributed by atoms with Gasteiger partial charge in [0.15, 0.2) is 5.78 Å². The van der Waals surface area contributed by atoms with Gasteiger partial charge in [0.05, 0.1) is 24.3 Å². The molecule has 1 aromatic rings. The molecule has 2 rings (SSSR count). The summed E-state index contributed by atoms with van der Waals surface area (Å²) >= 11 is 0. The Morgan fingerprint density at radius 3 is 3.00 bits per heavy atom. The van der Waals surface area contributed by atoms with E-state index in [1.807, 2.05) is 23.1 Å². The fourth-order valence-electron chi connectivity index (χ4n) is 1.84. The monoisotopic (exact) mass is 215 g/mol. The van der Waals surface area contributed by atoms with Gasteiger partial charge in [-0.2, -0.15) is 5.26 Å². The summed E-state index contributed by atoms with van der Waals surface area (Å²) in [6, 6.07) is 9.54. The highest BCUT2D eigenvalue weighted by molar-refractivity contribution is 5.86. The molecule has 1 N–H and O–H groups in total. The van der Waals surface area contributed by atoms with Gasteiger partial charge in [0.25, 0.3) is 0 Å². The van der Waals surface area contributed by atoms with Gasteiger partial charge in [-0.3, -0.25) is 4.79 Å². The number of nitrogens with one attached hydrogen (secondary N) is 1. The largest absolute Gasteiger partial charge is 0.362 e. The highest BCUT2D eigenvalue weighted by Crippen LogP contribution is 2.19. The Labute approximate surface area is 94.5 Å². The molecule has 1 fully saturated rings. The highest BCUT2D eigenvalue weighted by Gasteiger charge is 2.16. The molecule has 0 spiro atoms. The lowest BCUT2D eigenvalue weighted by Gasteiger charge is -2.22. The van der Waals surface area contributed by atoms with Crippen LogP contribution in [0.4, 0.5) is 5.69 Å². The Morgan fingerprint density at radius 2 is 2.19 bits per heavy atom. The number of hydrogen-bond donors (Lipinski definition) is 1. The number of para-hydroxylation sites is 1. The van der Waals surface area contributed by atoms with Gasteiger partial charge < -0.3 is 10.2 Å². The average molecular weight is 215 g/mol. The lowest BCUT2D eigenvalue weighted by Crippen LogP contribution is -2.30. The predicted octanol–water partition coefficient (Wildman–Crippen LogP) is 0.537. The zero-order valence-electron chi connectivity index (χ0n) is 8.94. The maximum absolute atomic E-state index is 11.5. The van der Waals surface area contributed by atoms with E-state index in [0.29, 0.717) is 18.7 Å². The van der Waals surface area contributed by atoms with Crippen molar-refractivity contribution < 1.29 is 4.79 Å². The van der Waals surface area contributed by atoms with Crippen molar-refractivity contribution in [2.24, 2.45) is 0 Å². The van der Waals surface area contributed by atoms with Crippen LogP contribution in [0, 0.1) is 11.3 Å². The summed E-state index contributed by atoms with van der Waals surface area (Å²) in [5.41, 5.74) is 1.47. The Morgan fingerprint density at radius 1 is 1.38 bits per heavy atom. The van der Waals surface area contributed by atoms with Gasteiger partial charge >= 0.3 is 0 Å². The van der Waals surface area contributed by atoms with Gasteiger partial charge in [0.1, 0.15) is 6.07 Å². The molecular formula is C12H13N3O. The SMILES string of the molecule is N#Cc1ccccc1N1CCNCC(=O)C1. The summed E-state index contributed by atoms with van der Waals surface area (Å²) in [6.45, 7) is 2.33. The van der Waals surface area contributed by atoms with Crippen molar-refractivity contribution in [1.29, 1.82) is 5.26 Å². The molecule has 0 aromatic heterocycles. The van der Waals surface area contributed by atoms with Gasteiger partial charge in [-0.25, -0.2) is 0 Å². The van der Waals surface area contributed by atoms with E-state index in [0.717, 1.165) is 18.8 Å². The van der Waals surface area contributed by atoms with E-state index < -0.39 is 0 Å². The summed E-state index contributed by atoms with van der Waals surface area (Å²) in [4.78, 5) is 13.4. The number of hydrogen-bond acceptors (Lipinski definition) is 4. The fraction of sp³-hybridized carbons (Fsp3) is 0.333. The van der Waals surface area contributed by atoms with Crippen LogP contribution in [-0.4, -0.2) is 32.0 Å². The molecule has 0 aliphatic carbocycles. The first-order chi connectivity index (χ1) is 7.81. The first kappa shape index (κ1) is 10.7. The zero-order valence-corrected chi connectivity index (χ0v) is 8.94. The molecule has 1 aliphatic rings. The summed E-state index contributed by atoms with van der Waals surface area (Å²) in [6.07, 6.45) is 0. The van der Waals surface area contributed by atoms with Crippen LogP contribution in [0.25, 0.3) is 0 Å². The van der Waals surface area contributed by atoms with Crippen LogP contribution < -0.4 is 10.2 Å². The van der Waals surface area contributed by atoms with E-state index in [4.69, 9.17) is 5.26 Å². The normalized spacial score (nSPS) is 16.7. The number of Topliss-reactive ketones (excluding diaryl/α,β-unsaturated/α-hetero) is 1. The maximum Gasteiger partial charge on any atom is 0.165 e. The van der Waals surface area contributed by atoms with Crippen molar-refractivity contribution in [3.8, 4) is 6.07 Å². The molecule has 1 heterocycles. The molecule has 1 saturated heterocycles. The van der Waals surface area contributed by atoms with Crippen LogP contribution in [-0.2, 0) is 4.79 Å². The van der Waals surface area contributed by atoms with Gasteiger partial charge in [-0.05, 0) is 12.1 Å². The van der Waals surface area contributed by atoms with Gasteiger partial charge in [-0.1, -0.05) is 12.1 Å². The molecule has 0 amide bonds. The Bertz CT molecular complexity index is 436. The van der Waals surface area contributed by atoms with E-state index in [1.54, 1.807) is 6.07 Å². The summed E-state index contributed by atoms with van der Waals surface area (Å²) in [5.74, 6) is 0.158. The molecule has 4 nitrogen and oxygen atoms in total. The summed E-state index contributed by atoms with van der Waals surface area (Å²) in [7, 11) is 0. The van der Waals surface area contributed by atoms with Gasteiger partial charge in [0.2, 0.25) is 0 Å². The minimum atomic E-state index is 0.158. The van der Waals surface area contributed by atoms with Gasteiger partial charge in [-0.15, -0.1) is 0 Å². The third-order valence-corrected chi connectivity index (χ3v) is 2.61. The molecule has 0 unspecified atom stereocenters. The minimum Gasteiger partial charge on any atom is -0.362 e. The Hall–Kier alpha value is -1.86. The smallest absolute Gasteiger partial charge is 0.165 e. The summed E-state index contributed by atoms with van der Waals surface area (Å²) < 4.78 is 0. The van der Waals surface area contributed by atoms with Gasteiger partial charge in [0, 0.05) is 13.1 Å². The van der Waals surface area contributed by atoms with Crippen LogP contribution in [0.1, 0.15) is 5.56 Å². The second-order valence-corrected chi connectivity index (χ2v) is 3.77.